The van der Waals surface area contributed by atoms with Crippen molar-refractivity contribution < 1.29 is 8.42 Å². The third-order valence-electron chi connectivity index (χ3n) is 3.35. The standard InChI is InChI=1S/C15H15N3O2S/c1-10-6-7-11(2)14(8-10)21(19,20)18-13-5-3-4-12-9-16-17-15(12)13/h3-9,18H,1-2H3,(H,16,17). The average molecular weight is 301 g/mol. The summed E-state index contributed by atoms with van der Waals surface area (Å²) in [5.74, 6) is 0. The van der Waals surface area contributed by atoms with Crippen LogP contribution in [0.15, 0.2) is 47.5 Å². The first-order valence-corrected chi connectivity index (χ1v) is 7.98. The van der Waals surface area contributed by atoms with Crippen LogP contribution < -0.4 is 4.72 Å². The third-order valence-corrected chi connectivity index (χ3v) is 4.86. The van der Waals surface area contributed by atoms with Crippen molar-refractivity contribution in [1.29, 1.82) is 0 Å². The van der Waals surface area contributed by atoms with Crippen LogP contribution in [0.1, 0.15) is 11.1 Å². The largest absolute Gasteiger partial charge is 0.277 e. The van der Waals surface area contributed by atoms with Crippen LogP contribution in [0.3, 0.4) is 0 Å². The van der Waals surface area contributed by atoms with Crippen LogP contribution >= 0.6 is 0 Å². The predicted octanol–water partition coefficient (Wildman–Crippen LogP) is 2.98. The molecule has 0 atom stereocenters. The molecule has 6 heteroatoms. The fourth-order valence-electron chi connectivity index (χ4n) is 2.25. The lowest BCUT2D eigenvalue weighted by Gasteiger charge is -2.11. The Hall–Kier alpha value is -2.34. The van der Waals surface area contributed by atoms with Gasteiger partial charge < -0.3 is 0 Å². The van der Waals surface area contributed by atoms with Crippen molar-refractivity contribution in [2.24, 2.45) is 0 Å². The number of para-hydroxylation sites is 1. The zero-order valence-electron chi connectivity index (χ0n) is 11.7. The predicted molar refractivity (Wildman–Crippen MR) is 82.8 cm³/mol. The van der Waals surface area contributed by atoms with E-state index in [0.29, 0.717) is 21.7 Å². The molecule has 0 aliphatic heterocycles. The number of rotatable bonds is 3. The molecule has 0 amide bonds. The number of nitrogens with zero attached hydrogens (tertiary/aromatic N) is 1. The second kappa shape index (κ2) is 4.89. The number of anilines is 1. The minimum atomic E-state index is -3.63. The van der Waals surface area contributed by atoms with Gasteiger partial charge in [-0.05, 0) is 37.1 Å². The van der Waals surface area contributed by atoms with E-state index in [0.717, 1.165) is 10.9 Å². The van der Waals surface area contributed by atoms with E-state index in [-0.39, 0.29) is 0 Å². The number of H-pyrrole nitrogens is 1. The van der Waals surface area contributed by atoms with Gasteiger partial charge in [0, 0.05) is 5.39 Å². The van der Waals surface area contributed by atoms with Crippen molar-refractivity contribution in [2.45, 2.75) is 18.7 Å². The quantitative estimate of drug-likeness (QED) is 0.781. The Morgan fingerprint density at radius 3 is 2.76 bits per heavy atom. The van der Waals surface area contributed by atoms with Crippen molar-refractivity contribution >= 4 is 26.6 Å². The summed E-state index contributed by atoms with van der Waals surface area (Å²) in [7, 11) is -3.63. The number of nitrogens with one attached hydrogen (secondary N) is 2. The van der Waals surface area contributed by atoms with Crippen molar-refractivity contribution in [3.05, 3.63) is 53.7 Å². The number of aryl methyl sites for hydroxylation is 2. The van der Waals surface area contributed by atoms with E-state index in [1.54, 1.807) is 37.4 Å². The molecule has 21 heavy (non-hydrogen) atoms. The molecular formula is C15H15N3O2S. The number of hydrogen-bond acceptors (Lipinski definition) is 3. The maximum absolute atomic E-state index is 12.6. The highest BCUT2D eigenvalue weighted by atomic mass is 32.2. The molecule has 0 bridgehead atoms. The van der Waals surface area contributed by atoms with E-state index in [1.165, 1.54) is 0 Å². The molecular weight excluding hydrogens is 286 g/mol. The second-order valence-corrected chi connectivity index (χ2v) is 6.67. The molecule has 108 valence electrons. The molecule has 0 aliphatic carbocycles. The molecule has 5 nitrogen and oxygen atoms in total. The van der Waals surface area contributed by atoms with Gasteiger partial charge in [-0.1, -0.05) is 24.3 Å². The van der Waals surface area contributed by atoms with Crippen molar-refractivity contribution in [3.8, 4) is 0 Å². The lowest BCUT2D eigenvalue weighted by molar-refractivity contribution is 0.600. The molecule has 2 N–H and O–H groups in total. The van der Waals surface area contributed by atoms with Gasteiger partial charge in [0.05, 0.1) is 22.3 Å². The molecule has 0 radical (unpaired) electrons. The molecule has 2 aromatic carbocycles. The zero-order chi connectivity index (χ0) is 15.0. The number of aromatic amines is 1. The molecule has 3 rings (SSSR count). The molecule has 1 heterocycles. The summed E-state index contributed by atoms with van der Waals surface area (Å²) in [6.45, 7) is 3.65. The second-order valence-electron chi connectivity index (χ2n) is 5.01. The maximum Gasteiger partial charge on any atom is 0.262 e. The Kier molecular flexibility index (Phi) is 3.17. The summed E-state index contributed by atoms with van der Waals surface area (Å²) in [6.07, 6.45) is 1.66. The van der Waals surface area contributed by atoms with Crippen LogP contribution in [0.25, 0.3) is 10.9 Å². The van der Waals surface area contributed by atoms with E-state index in [9.17, 15) is 8.42 Å². The topological polar surface area (TPSA) is 74.8 Å². The molecule has 0 unspecified atom stereocenters. The number of aromatic nitrogens is 2. The van der Waals surface area contributed by atoms with Gasteiger partial charge in [-0.25, -0.2) is 8.42 Å². The van der Waals surface area contributed by atoms with Crippen molar-refractivity contribution in [3.63, 3.8) is 0 Å². The summed E-state index contributed by atoms with van der Waals surface area (Å²) in [5.41, 5.74) is 2.78. The van der Waals surface area contributed by atoms with Crippen LogP contribution in [0.5, 0.6) is 0 Å². The minimum Gasteiger partial charge on any atom is -0.277 e. The molecule has 0 spiro atoms. The lowest BCUT2D eigenvalue weighted by atomic mass is 10.2. The normalized spacial score (nSPS) is 11.7. The number of benzene rings is 2. The Morgan fingerprint density at radius 2 is 1.95 bits per heavy atom. The van der Waals surface area contributed by atoms with Gasteiger partial charge in [-0.15, -0.1) is 0 Å². The van der Waals surface area contributed by atoms with Crippen LogP contribution in [0.4, 0.5) is 5.69 Å². The van der Waals surface area contributed by atoms with Gasteiger partial charge in [-0.2, -0.15) is 5.10 Å². The van der Waals surface area contributed by atoms with E-state index in [2.05, 4.69) is 14.9 Å². The highest BCUT2D eigenvalue weighted by Gasteiger charge is 2.18. The van der Waals surface area contributed by atoms with Crippen LogP contribution in [-0.2, 0) is 10.0 Å². The fourth-order valence-corrected chi connectivity index (χ4v) is 3.65. The first kappa shape index (κ1) is 13.6. The van der Waals surface area contributed by atoms with Gasteiger partial charge in [0.2, 0.25) is 0 Å². The Morgan fingerprint density at radius 1 is 1.14 bits per heavy atom. The van der Waals surface area contributed by atoms with Crippen LogP contribution in [0, 0.1) is 13.8 Å². The van der Waals surface area contributed by atoms with Gasteiger partial charge in [0.15, 0.2) is 0 Å². The molecule has 0 saturated carbocycles. The van der Waals surface area contributed by atoms with Crippen molar-refractivity contribution in [1.82, 2.24) is 10.2 Å². The Bertz CT molecular complexity index is 914. The Balaban J connectivity index is 2.08. The highest BCUT2D eigenvalue weighted by molar-refractivity contribution is 7.92. The average Bonchev–Trinajstić information content (AvgIpc) is 2.90. The maximum atomic E-state index is 12.6. The molecule has 0 fully saturated rings. The summed E-state index contributed by atoms with van der Waals surface area (Å²) in [5, 5.41) is 7.61. The fraction of sp³-hybridized carbons (Fsp3) is 0.133. The highest BCUT2D eigenvalue weighted by Crippen LogP contribution is 2.25. The van der Waals surface area contributed by atoms with Crippen molar-refractivity contribution in [2.75, 3.05) is 4.72 Å². The zero-order valence-corrected chi connectivity index (χ0v) is 12.5. The van der Waals surface area contributed by atoms with Gasteiger partial charge >= 0.3 is 0 Å². The van der Waals surface area contributed by atoms with Crippen LogP contribution in [-0.4, -0.2) is 18.6 Å². The van der Waals surface area contributed by atoms with Crippen LogP contribution in [0.2, 0.25) is 0 Å². The van der Waals surface area contributed by atoms with Gasteiger partial charge in [0.1, 0.15) is 0 Å². The molecule has 1 aromatic heterocycles. The molecule has 0 aliphatic rings. The minimum absolute atomic E-state index is 0.291. The summed E-state index contributed by atoms with van der Waals surface area (Å²) >= 11 is 0. The lowest BCUT2D eigenvalue weighted by Crippen LogP contribution is -2.14. The molecule has 0 saturated heterocycles. The number of fused-ring (bicyclic) bond motifs is 1. The smallest absolute Gasteiger partial charge is 0.262 e. The van der Waals surface area contributed by atoms with E-state index < -0.39 is 10.0 Å². The summed E-state index contributed by atoms with van der Waals surface area (Å²) in [4.78, 5) is 0.291. The SMILES string of the molecule is Cc1ccc(C)c(S(=O)(=O)Nc2cccc3cn[nH]c23)c1. The van der Waals surface area contributed by atoms with E-state index in [1.807, 2.05) is 19.1 Å². The number of sulfonamides is 1. The Labute approximate surface area is 123 Å². The van der Waals surface area contributed by atoms with E-state index >= 15 is 0 Å². The van der Waals surface area contributed by atoms with Gasteiger partial charge in [-0.3, -0.25) is 9.82 Å². The summed E-state index contributed by atoms with van der Waals surface area (Å²) < 4.78 is 27.8. The first-order chi connectivity index (χ1) is 9.97. The molecule has 3 aromatic rings. The third kappa shape index (κ3) is 2.50. The van der Waals surface area contributed by atoms with E-state index in [4.69, 9.17) is 0 Å². The monoisotopic (exact) mass is 301 g/mol. The summed E-state index contributed by atoms with van der Waals surface area (Å²) in [6, 6.07) is 10.7. The number of hydrogen-bond donors (Lipinski definition) is 2. The first-order valence-electron chi connectivity index (χ1n) is 6.49. The van der Waals surface area contributed by atoms with Gasteiger partial charge in [0.25, 0.3) is 10.0 Å².